The van der Waals surface area contributed by atoms with E-state index in [-0.39, 0.29) is 12.5 Å². The minimum atomic E-state index is -4.80. The molecule has 0 saturated heterocycles. The number of alkyl halides is 3. The third-order valence-electron chi connectivity index (χ3n) is 2.59. The van der Waals surface area contributed by atoms with Gasteiger partial charge in [0.25, 0.3) is 0 Å². The Bertz CT molecular complexity index is 675. The molecule has 0 radical (unpaired) electrons. The highest BCUT2D eigenvalue weighted by Gasteiger charge is 2.41. The number of hydrogen-bond acceptors (Lipinski definition) is 4. The van der Waals surface area contributed by atoms with E-state index in [0.717, 1.165) is 5.56 Å². The second kappa shape index (κ2) is 6.46. The van der Waals surface area contributed by atoms with Crippen LogP contribution in [0.4, 0.5) is 13.2 Å². The molecule has 0 fully saturated rings. The zero-order valence-corrected chi connectivity index (χ0v) is 11.6. The highest BCUT2D eigenvalue weighted by molar-refractivity contribution is 5.88. The maximum absolute atomic E-state index is 12.9. The zero-order valence-electron chi connectivity index (χ0n) is 11.6. The molecular formula is C15H12F3NO3. The van der Waals surface area contributed by atoms with E-state index >= 15 is 0 Å². The number of rotatable bonds is 4. The van der Waals surface area contributed by atoms with Crippen LogP contribution in [0.15, 0.2) is 34.7 Å². The molecule has 4 nitrogen and oxygen atoms in total. The van der Waals surface area contributed by atoms with Crippen LogP contribution in [0.3, 0.4) is 0 Å². The second-order valence-corrected chi connectivity index (χ2v) is 4.19. The van der Waals surface area contributed by atoms with Crippen LogP contribution in [-0.4, -0.2) is 17.6 Å². The number of esters is 1. The van der Waals surface area contributed by atoms with Gasteiger partial charge in [0.05, 0.1) is 6.61 Å². The minimum Gasteiger partial charge on any atom is -0.460 e. The quantitative estimate of drug-likeness (QED) is 0.800. The lowest BCUT2D eigenvalue weighted by atomic mass is 10.2. The fourth-order valence-electron chi connectivity index (χ4n) is 1.67. The summed E-state index contributed by atoms with van der Waals surface area (Å²) in [6, 6.07) is 8.89. The Morgan fingerprint density at radius 3 is 2.55 bits per heavy atom. The maximum atomic E-state index is 12.9. The van der Waals surface area contributed by atoms with Gasteiger partial charge in [-0.05, 0) is 18.6 Å². The van der Waals surface area contributed by atoms with Crippen molar-refractivity contribution in [2.75, 3.05) is 6.61 Å². The molecule has 0 amide bonds. The minimum absolute atomic E-state index is 0.0635. The van der Waals surface area contributed by atoms with Gasteiger partial charge in [-0.3, -0.25) is 0 Å². The number of aromatic nitrogens is 1. The summed E-state index contributed by atoms with van der Waals surface area (Å²) in [5, 5.41) is 0. The van der Waals surface area contributed by atoms with Crippen LogP contribution in [-0.2, 0) is 10.9 Å². The molecule has 0 saturated carbocycles. The summed E-state index contributed by atoms with van der Waals surface area (Å²) in [5.74, 6) is -2.46. The van der Waals surface area contributed by atoms with Crippen LogP contribution in [0.1, 0.15) is 34.6 Å². The van der Waals surface area contributed by atoms with Crippen molar-refractivity contribution in [2.24, 2.45) is 0 Å². The van der Waals surface area contributed by atoms with Crippen LogP contribution in [0.25, 0.3) is 12.2 Å². The molecule has 0 spiro atoms. The van der Waals surface area contributed by atoms with Crippen molar-refractivity contribution in [3.8, 4) is 0 Å². The van der Waals surface area contributed by atoms with E-state index in [0.29, 0.717) is 0 Å². The molecule has 22 heavy (non-hydrogen) atoms. The molecule has 116 valence electrons. The fraction of sp³-hybridized carbons (Fsp3) is 0.200. The molecule has 0 N–H and O–H groups in total. The van der Waals surface area contributed by atoms with Gasteiger partial charge < -0.3 is 9.15 Å². The summed E-state index contributed by atoms with van der Waals surface area (Å²) in [6.45, 7) is 1.42. The van der Waals surface area contributed by atoms with Crippen molar-refractivity contribution < 1.29 is 27.1 Å². The number of halogens is 3. The Morgan fingerprint density at radius 2 is 1.95 bits per heavy atom. The number of carbonyl (C=O) groups is 1. The normalized spacial score (nSPS) is 11.8. The Morgan fingerprint density at radius 1 is 1.27 bits per heavy atom. The Labute approximate surface area is 124 Å². The summed E-state index contributed by atoms with van der Waals surface area (Å²) in [7, 11) is 0. The van der Waals surface area contributed by atoms with Gasteiger partial charge >= 0.3 is 12.1 Å². The Balaban J connectivity index is 2.34. The van der Waals surface area contributed by atoms with Gasteiger partial charge in [-0.2, -0.15) is 13.2 Å². The largest absolute Gasteiger partial charge is 0.460 e. The van der Waals surface area contributed by atoms with Gasteiger partial charge in [0, 0.05) is 6.08 Å². The van der Waals surface area contributed by atoms with E-state index in [4.69, 9.17) is 4.42 Å². The maximum Gasteiger partial charge on any atom is 0.437 e. The lowest BCUT2D eigenvalue weighted by molar-refractivity contribution is -0.141. The van der Waals surface area contributed by atoms with Gasteiger partial charge in [0.2, 0.25) is 11.7 Å². The van der Waals surface area contributed by atoms with Gasteiger partial charge in [-0.15, -0.1) is 0 Å². The number of hydrogen-bond donors (Lipinski definition) is 0. The van der Waals surface area contributed by atoms with Crippen molar-refractivity contribution in [2.45, 2.75) is 13.1 Å². The van der Waals surface area contributed by atoms with Crippen LogP contribution in [0, 0.1) is 0 Å². The number of benzene rings is 1. The van der Waals surface area contributed by atoms with Crippen molar-refractivity contribution in [1.29, 1.82) is 0 Å². The zero-order chi connectivity index (χ0) is 16.2. The molecule has 1 aromatic carbocycles. The molecule has 1 heterocycles. The monoisotopic (exact) mass is 311 g/mol. The van der Waals surface area contributed by atoms with Crippen LogP contribution in [0.2, 0.25) is 0 Å². The lowest BCUT2D eigenvalue weighted by Gasteiger charge is -2.03. The summed E-state index contributed by atoms with van der Waals surface area (Å²) in [6.07, 6.45) is -2.02. The molecule has 2 aromatic rings. The highest BCUT2D eigenvalue weighted by atomic mass is 19.4. The van der Waals surface area contributed by atoms with E-state index < -0.39 is 23.6 Å². The number of nitrogens with zero attached hydrogens (tertiary/aromatic N) is 1. The van der Waals surface area contributed by atoms with Crippen molar-refractivity contribution in [1.82, 2.24) is 4.98 Å². The standard InChI is InChI=1S/C15H12F3NO3/c1-2-21-14(20)12-13(15(16,17)18)19-11(22-12)9-8-10-6-4-3-5-7-10/h3-9H,2H2,1H3. The van der Waals surface area contributed by atoms with E-state index in [1.807, 2.05) is 6.07 Å². The number of carbonyl (C=O) groups excluding carboxylic acids is 1. The third kappa shape index (κ3) is 3.75. The highest BCUT2D eigenvalue weighted by Crippen LogP contribution is 2.32. The van der Waals surface area contributed by atoms with Crippen LogP contribution in [0.5, 0.6) is 0 Å². The van der Waals surface area contributed by atoms with Crippen LogP contribution < -0.4 is 0 Å². The first kappa shape index (κ1) is 15.8. The average Bonchev–Trinajstić information content (AvgIpc) is 2.91. The first-order valence-electron chi connectivity index (χ1n) is 6.40. The van der Waals surface area contributed by atoms with Gasteiger partial charge in [-0.1, -0.05) is 30.3 Å². The molecule has 2 rings (SSSR count). The molecule has 1 aromatic heterocycles. The number of oxazole rings is 1. The summed E-state index contributed by atoms with van der Waals surface area (Å²) >= 11 is 0. The van der Waals surface area contributed by atoms with E-state index in [1.54, 1.807) is 24.3 Å². The lowest BCUT2D eigenvalue weighted by Crippen LogP contribution is -2.14. The molecule has 0 aliphatic carbocycles. The fourth-order valence-corrected chi connectivity index (χ4v) is 1.67. The smallest absolute Gasteiger partial charge is 0.437 e. The molecule has 7 heteroatoms. The van der Waals surface area contributed by atoms with E-state index in [1.165, 1.54) is 19.1 Å². The predicted octanol–water partition coefficient (Wildman–Crippen LogP) is 4.04. The molecule has 0 aliphatic heterocycles. The van der Waals surface area contributed by atoms with Gasteiger partial charge in [-0.25, -0.2) is 9.78 Å². The Kier molecular flexibility index (Phi) is 4.65. The molecular weight excluding hydrogens is 299 g/mol. The van der Waals surface area contributed by atoms with E-state index in [9.17, 15) is 18.0 Å². The molecule has 0 unspecified atom stereocenters. The molecule has 0 atom stereocenters. The number of ether oxygens (including phenoxy) is 1. The van der Waals surface area contributed by atoms with Crippen molar-refractivity contribution in [3.63, 3.8) is 0 Å². The molecule has 0 bridgehead atoms. The van der Waals surface area contributed by atoms with Crippen molar-refractivity contribution in [3.05, 3.63) is 53.2 Å². The third-order valence-corrected chi connectivity index (χ3v) is 2.59. The topological polar surface area (TPSA) is 52.3 Å². The van der Waals surface area contributed by atoms with Gasteiger partial charge in [0.1, 0.15) is 0 Å². The van der Waals surface area contributed by atoms with Gasteiger partial charge in [0.15, 0.2) is 5.69 Å². The average molecular weight is 311 g/mol. The summed E-state index contributed by atoms with van der Waals surface area (Å²) < 4.78 is 48.0. The summed E-state index contributed by atoms with van der Waals surface area (Å²) in [5.41, 5.74) is -0.634. The second-order valence-electron chi connectivity index (χ2n) is 4.19. The summed E-state index contributed by atoms with van der Waals surface area (Å²) in [4.78, 5) is 14.8. The first-order valence-corrected chi connectivity index (χ1v) is 6.40. The molecule has 0 aliphatic rings. The first-order chi connectivity index (χ1) is 10.4. The predicted molar refractivity (Wildman–Crippen MR) is 72.8 cm³/mol. The van der Waals surface area contributed by atoms with Crippen molar-refractivity contribution >= 4 is 18.1 Å². The van der Waals surface area contributed by atoms with E-state index in [2.05, 4.69) is 9.72 Å². The van der Waals surface area contributed by atoms with Crippen LogP contribution >= 0.6 is 0 Å². The Hall–Kier alpha value is -2.57. The SMILES string of the molecule is CCOC(=O)c1oc(C=Cc2ccccc2)nc1C(F)(F)F.